The highest BCUT2D eigenvalue weighted by Crippen LogP contribution is 2.24. The number of carboxylic acid groups (broad SMARTS) is 1. The van der Waals surface area contributed by atoms with Crippen molar-refractivity contribution in [2.75, 3.05) is 0 Å². The van der Waals surface area contributed by atoms with Crippen molar-refractivity contribution in [1.82, 2.24) is 14.5 Å². The summed E-state index contributed by atoms with van der Waals surface area (Å²) in [5, 5.41) is 22.2. The molecule has 3 aromatic carbocycles. The summed E-state index contributed by atoms with van der Waals surface area (Å²) in [6, 6.07) is 13.5. The van der Waals surface area contributed by atoms with Gasteiger partial charge in [-0.25, -0.2) is 14.2 Å². The molecule has 1 aromatic heterocycles. The molecule has 0 bridgehead atoms. The number of carbonyl (C=O) groups is 2. The average Bonchev–Trinajstić information content (AvgIpc) is 2.83. The second kappa shape index (κ2) is 9.88. The molecular formula is C25H19Cl2N3O6. The van der Waals surface area contributed by atoms with Crippen LogP contribution < -0.4 is 16.6 Å². The van der Waals surface area contributed by atoms with Gasteiger partial charge in [0.05, 0.1) is 32.2 Å². The van der Waals surface area contributed by atoms with Crippen molar-refractivity contribution in [3.8, 4) is 11.4 Å². The van der Waals surface area contributed by atoms with Crippen LogP contribution >= 0.6 is 23.2 Å². The number of aromatic hydroxyl groups is 1. The maximum atomic E-state index is 13.0. The quantitative estimate of drug-likeness (QED) is 0.353. The Hall–Kier alpha value is -4.08. The molecule has 0 saturated heterocycles. The van der Waals surface area contributed by atoms with E-state index in [1.807, 2.05) is 0 Å². The number of aryl methyl sites for hydroxylation is 1. The lowest BCUT2D eigenvalue weighted by atomic mass is 10.0. The van der Waals surface area contributed by atoms with E-state index in [4.69, 9.17) is 23.2 Å². The zero-order chi connectivity index (χ0) is 26.1. The van der Waals surface area contributed by atoms with Crippen molar-refractivity contribution in [2.24, 2.45) is 7.05 Å². The Morgan fingerprint density at radius 1 is 1.00 bits per heavy atom. The van der Waals surface area contributed by atoms with Crippen LogP contribution in [0.5, 0.6) is 5.75 Å². The molecule has 0 aliphatic carbocycles. The summed E-state index contributed by atoms with van der Waals surface area (Å²) < 4.78 is 2.25. The molecule has 4 rings (SSSR count). The first-order chi connectivity index (χ1) is 17.1. The van der Waals surface area contributed by atoms with Crippen LogP contribution in [-0.2, 0) is 18.3 Å². The van der Waals surface area contributed by atoms with Gasteiger partial charge in [0.1, 0.15) is 11.8 Å². The van der Waals surface area contributed by atoms with Gasteiger partial charge in [-0.3, -0.25) is 14.2 Å². The Balaban J connectivity index is 1.63. The zero-order valence-electron chi connectivity index (χ0n) is 18.7. The van der Waals surface area contributed by atoms with Crippen LogP contribution in [0.2, 0.25) is 10.0 Å². The number of nitrogens with zero attached hydrogens (tertiary/aromatic N) is 2. The summed E-state index contributed by atoms with van der Waals surface area (Å²) in [7, 11) is 1.51. The highest BCUT2D eigenvalue weighted by molar-refractivity contribution is 6.39. The third-order valence-electron chi connectivity index (χ3n) is 5.68. The van der Waals surface area contributed by atoms with Crippen LogP contribution in [0.4, 0.5) is 0 Å². The minimum atomic E-state index is -1.30. The summed E-state index contributed by atoms with van der Waals surface area (Å²) in [4.78, 5) is 50.3. The van der Waals surface area contributed by atoms with Crippen molar-refractivity contribution in [1.29, 1.82) is 0 Å². The highest BCUT2D eigenvalue weighted by atomic mass is 35.5. The second-order valence-electron chi connectivity index (χ2n) is 8.02. The van der Waals surface area contributed by atoms with Crippen molar-refractivity contribution >= 4 is 46.0 Å². The minimum absolute atomic E-state index is 0.0278. The molecule has 1 atom stereocenters. The lowest BCUT2D eigenvalue weighted by molar-refractivity contribution is -0.139. The molecule has 184 valence electrons. The number of aromatic nitrogens is 2. The molecule has 3 N–H and O–H groups in total. The molecule has 4 aromatic rings. The first-order valence-electron chi connectivity index (χ1n) is 10.6. The fourth-order valence-electron chi connectivity index (χ4n) is 3.84. The van der Waals surface area contributed by atoms with Gasteiger partial charge in [0.2, 0.25) is 0 Å². The van der Waals surface area contributed by atoms with E-state index in [-0.39, 0.29) is 38.9 Å². The van der Waals surface area contributed by atoms with E-state index in [9.17, 15) is 29.4 Å². The number of halogens is 2. The first-order valence-corrected chi connectivity index (χ1v) is 11.4. The fourth-order valence-corrected chi connectivity index (χ4v) is 4.41. The number of rotatable bonds is 6. The summed E-state index contributed by atoms with van der Waals surface area (Å²) in [5.74, 6) is -2.11. The Labute approximate surface area is 213 Å². The SMILES string of the molecule is Cn1c(=O)n(-c2ccc(CC(NC(=O)c3c(Cl)cccc3Cl)C(=O)O)cc2)c(=O)c2cc(O)ccc21. The highest BCUT2D eigenvalue weighted by Gasteiger charge is 2.24. The number of carboxylic acids is 1. The van der Waals surface area contributed by atoms with E-state index in [0.29, 0.717) is 11.1 Å². The monoisotopic (exact) mass is 527 g/mol. The largest absolute Gasteiger partial charge is 0.508 e. The predicted octanol–water partition coefficient (Wildman–Crippen LogP) is 3.13. The number of phenolic OH excluding ortho intramolecular Hbond substituents is 1. The fraction of sp³-hybridized carbons (Fsp3) is 0.120. The number of fused-ring (bicyclic) bond motifs is 1. The number of aliphatic carboxylic acids is 1. The Morgan fingerprint density at radius 2 is 1.64 bits per heavy atom. The van der Waals surface area contributed by atoms with Gasteiger partial charge in [0.15, 0.2) is 0 Å². The van der Waals surface area contributed by atoms with E-state index in [1.165, 1.54) is 54.1 Å². The van der Waals surface area contributed by atoms with Crippen LogP contribution in [0.3, 0.4) is 0 Å². The molecule has 0 fully saturated rings. The first kappa shape index (κ1) is 25.0. The minimum Gasteiger partial charge on any atom is -0.508 e. The Kier molecular flexibility index (Phi) is 6.87. The molecule has 0 aliphatic rings. The lowest BCUT2D eigenvalue weighted by Gasteiger charge is -2.16. The van der Waals surface area contributed by atoms with Crippen molar-refractivity contribution < 1.29 is 19.8 Å². The standard InChI is InChI=1S/C25H19Cl2N3O6/c1-29-20-10-9-15(31)12-16(20)23(33)30(25(29)36)14-7-5-13(6-8-14)11-19(24(34)35)28-22(32)21-17(26)3-2-4-18(21)27/h2-10,12,19,31H,11H2,1H3,(H,28,32)(H,34,35). The molecule has 9 nitrogen and oxygen atoms in total. The Morgan fingerprint density at radius 3 is 2.25 bits per heavy atom. The zero-order valence-corrected chi connectivity index (χ0v) is 20.2. The molecule has 36 heavy (non-hydrogen) atoms. The normalized spacial score (nSPS) is 11.9. The molecule has 0 radical (unpaired) electrons. The van der Waals surface area contributed by atoms with Crippen molar-refractivity contribution in [2.45, 2.75) is 12.5 Å². The molecule has 11 heteroatoms. The van der Waals surface area contributed by atoms with E-state index in [2.05, 4.69) is 5.32 Å². The molecule has 1 heterocycles. The topological polar surface area (TPSA) is 131 Å². The van der Waals surface area contributed by atoms with Gasteiger partial charge < -0.3 is 15.5 Å². The average molecular weight is 528 g/mol. The molecule has 1 amide bonds. The van der Waals surface area contributed by atoms with Gasteiger partial charge >= 0.3 is 11.7 Å². The molecule has 1 unspecified atom stereocenters. The van der Waals surface area contributed by atoms with E-state index < -0.39 is 29.2 Å². The van der Waals surface area contributed by atoms with E-state index in [1.54, 1.807) is 18.2 Å². The summed E-state index contributed by atoms with van der Waals surface area (Å²) in [6.45, 7) is 0. The number of phenols is 1. The number of hydrogen-bond acceptors (Lipinski definition) is 5. The van der Waals surface area contributed by atoms with Crippen molar-refractivity contribution in [3.63, 3.8) is 0 Å². The number of nitrogens with one attached hydrogen (secondary N) is 1. The maximum Gasteiger partial charge on any atom is 0.335 e. The number of hydrogen-bond donors (Lipinski definition) is 3. The molecular weight excluding hydrogens is 509 g/mol. The maximum absolute atomic E-state index is 13.0. The van der Waals surface area contributed by atoms with Crippen LogP contribution in [0.15, 0.2) is 70.3 Å². The number of carbonyl (C=O) groups excluding carboxylic acids is 1. The van der Waals surface area contributed by atoms with Gasteiger partial charge in [-0.15, -0.1) is 0 Å². The third kappa shape index (κ3) is 4.71. The number of amides is 1. The smallest absolute Gasteiger partial charge is 0.335 e. The Bertz CT molecular complexity index is 1610. The molecule has 0 spiro atoms. The summed E-state index contributed by atoms with van der Waals surface area (Å²) in [6.07, 6.45) is -0.0814. The van der Waals surface area contributed by atoms with Gasteiger partial charge in [0.25, 0.3) is 11.5 Å². The summed E-state index contributed by atoms with van der Waals surface area (Å²) >= 11 is 12.1. The van der Waals surface area contributed by atoms with Crippen molar-refractivity contribution in [3.05, 3.63) is 103 Å². The van der Waals surface area contributed by atoms with Crippen LogP contribution in [0.25, 0.3) is 16.6 Å². The summed E-state index contributed by atoms with van der Waals surface area (Å²) in [5.41, 5.74) is -0.0648. The third-order valence-corrected chi connectivity index (χ3v) is 6.31. The van der Waals surface area contributed by atoms with Gasteiger partial charge in [-0.05, 0) is 48.0 Å². The van der Waals surface area contributed by atoms with E-state index in [0.717, 1.165) is 4.57 Å². The predicted molar refractivity (Wildman–Crippen MR) is 136 cm³/mol. The van der Waals surface area contributed by atoms with Gasteiger partial charge in [0, 0.05) is 13.5 Å². The van der Waals surface area contributed by atoms with Gasteiger partial charge in [-0.1, -0.05) is 41.4 Å². The molecule has 0 aliphatic heterocycles. The van der Waals surface area contributed by atoms with E-state index >= 15 is 0 Å². The second-order valence-corrected chi connectivity index (χ2v) is 8.83. The lowest BCUT2D eigenvalue weighted by Crippen LogP contribution is -2.42. The van der Waals surface area contributed by atoms with Gasteiger partial charge in [-0.2, -0.15) is 0 Å². The van der Waals surface area contributed by atoms with Crippen LogP contribution in [0, 0.1) is 0 Å². The van der Waals surface area contributed by atoms with Crippen LogP contribution in [0.1, 0.15) is 15.9 Å². The molecule has 0 saturated carbocycles. The van der Waals surface area contributed by atoms with Crippen LogP contribution in [-0.4, -0.2) is 37.3 Å². The number of benzene rings is 3.